The summed E-state index contributed by atoms with van der Waals surface area (Å²) in [5.74, 6) is 0. The van der Waals surface area contributed by atoms with E-state index in [0.29, 0.717) is 32.5 Å². The van der Waals surface area contributed by atoms with E-state index in [1.54, 1.807) is 0 Å². The molecular weight excluding hydrogens is 334 g/mol. The molecule has 1 aliphatic rings. The van der Waals surface area contributed by atoms with Crippen molar-refractivity contribution in [3.8, 4) is 0 Å². The van der Waals surface area contributed by atoms with E-state index in [0.717, 1.165) is 5.56 Å². The zero-order valence-corrected chi connectivity index (χ0v) is 15.7. The lowest BCUT2D eigenvalue weighted by Gasteiger charge is -2.45. The van der Waals surface area contributed by atoms with Crippen LogP contribution < -0.4 is 10.6 Å². The van der Waals surface area contributed by atoms with Crippen molar-refractivity contribution in [1.82, 2.24) is 15.5 Å². The van der Waals surface area contributed by atoms with Crippen molar-refractivity contribution in [1.29, 1.82) is 0 Å². The summed E-state index contributed by atoms with van der Waals surface area (Å²) in [6, 6.07) is 9.51. The van der Waals surface area contributed by atoms with E-state index in [9.17, 15) is 9.59 Å². The summed E-state index contributed by atoms with van der Waals surface area (Å²) in [6.07, 6.45) is -0.0976. The number of amides is 2. The van der Waals surface area contributed by atoms with Gasteiger partial charge in [0.15, 0.2) is 0 Å². The number of ether oxygens (including phenoxy) is 1. The Hall–Kier alpha value is -2.28. The standard InChI is InChI=1S/C19H29N3O4/c1-18(2,3)21-19(9-11-22(12-10-19)17(24)25)14-20-16(23)26-13-15-7-5-4-6-8-15/h4-8,21H,9-14H2,1-3H3,(H,20,23)(H,24,25). The van der Waals surface area contributed by atoms with Gasteiger partial charge in [-0.25, -0.2) is 9.59 Å². The topological polar surface area (TPSA) is 90.9 Å². The molecule has 2 amide bonds. The van der Waals surface area contributed by atoms with E-state index in [4.69, 9.17) is 9.84 Å². The van der Waals surface area contributed by atoms with Gasteiger partial charge in [0.1, 0.15) is 6.61 Å². The molecule has 0 saturated carbocycles. The second-order valence-corrected chi connectivity index (χ2v) is 7.84. The summed E-state index contributed by atoms with van der Waals surface area (Å²) in [4.78, 5) is 24.6. The number of alkyl carbamates (subject to hydrolysis) is 1. The molecule has 3 N–H and O–H groups in total. The number of carbonyl (C=O) groups is 2. The quantitative estimate of drug-likeness (QED) is 0.748. The number of piperidine rings is 1. The van der Waals surface area contributed by atoms with Crippen LogP contribution in [0.3, 0.4) is 0 Å². The Balaban J connectivity index is 1.90. The lowest BCUT2D eigenvalue weighted by Crippen LogP contribution is -2.63. The van der Waals surface area contributed by atoms with Gasteiger partial charge in [-0.05, 0) is 39.2 Å². The van der Waals surface area contributed by atoms with Crippen LogP contribution in [0, 0.1) is 0 Å². The number of carboxylic acid groups (broad SMARTS) is 1. The van der Waals surface area contributed by atoms with Crippen molar-refractivity contribution in [3.63, 3.8) is 0 Å². The fraction of sp³-hybridized carbons (Fsp3) is 0.579. The zero-order valence-electron chi connectivity index (χ0n) is 15.7. The van der Waals surface area contributed by atoms with Gasteiger partial charge >= 0.3 is 12.2 Å². The Bertz CT molecular complexity index is 605. The number of benzene rings is 1. The van der Waals surface area contributed by atoms with Crippen LogP contribution >= 0.6 is 0 Å². The molecule has 7 heteroatoms. The number of nitrogens with zero attached hydrogens (tertiary/aromatic N) is 1. The van der Waals surface area contributed by atoms with E-state index >= 15 is 0 Å². The molecule has 1 saturated heterocycles. The third-order valence-electron chi connectivity index (χ3n) is 4.42. The molecule has 26 heavy (non-hydrogen) atoms. The Morgan fingerprint density at radius 2 is 1.81 bits per heavy atom. The van der Waals surface area contributed by atoms with E-state index in [-0.39, 0.29) is 17.7 Å². The van der Waals surface area contributed by atoms with Gasteiger partial charge in [-0.2, -0.15) is 0 Å². The fourth-order valence-electron chi connectivity index (χ4n) is 3.28. The van der Waals surface area contributed by atoms with Gasteiger partial charge in [0, 0.05) is 30.7 Å². The first kappa shape index (κ1) is 20.0. The number of carbonyl (C=O) groups excluding carboxylic acids is 1. The molecule has 0 bridgehead atoms. The minimum atomic E-state index is -0.899. The third kappa shape index (κ3) is 6.22. The SMILES string of the molecule is CC(C)(C)NC1(CNC(=O)OCc2ccccc2)CCN(C(=O)O)CC1. The van der Waals surface area contributed by atoms with E-state index < -0.39 is 12.2 Å². The molecular formula is C19H29N3O4. The third-order valence-corrected chi connectivity index (χ3v) is 4.42. The number of hydrogen-bond donors (Lipinski definition) is 3. The van der Waals surface area contributed by atoms with Crippen LogP contribution in [-0.4, -0.2) is 52.9 Å². The maximum atomic E-state index is 12.1. The van der Waals surface area contributed by atoms with Crippen LogP contribution in [0.1, 0.15) is 39.2 Å². The first-order valence-electron chi connectivity index (χ1n) is 8.91. The molecule has 144 valence electrons. The highest BCUT2D eigenvalue weighted by molar-refractivity contribution is 5.67. The average Bonchev–Trinajstić information content (AvgIpc) is 2.58. The van der Waals surface area contributed by atoms with Gasteiger partial charge in [-0.1, -0.05) is 30.3 Å². The number of nitrogens with one attached hydrogen (secondary N) is 2. The summed E-state index contributed by atoms with van der Waals surface area (Å²) in [6.45, 7) is 7.69. The summed E-state index contributed by atoms with van der Waals surface area (Å²) < 4.78 is 5.27. The normalized spacial score (nSPS) is 16.8. The molecule has 1 aromatic carbocycles. The van der Waals surface area contributed by atoms with Gasteiger partial charge in [0.05, 0.1) is 0 Å². The molecule has 7 nitrogen and oxygen atoms in total. The minimum Gasteiger partial charge on any atom is -0.465 e. The van der Waals surface area contributed by atoms with E-state index in [1.165, 1.54) is 4.90 Å². The van der Waals surface area contributed by atoms with Crippen molar-refractivity contribution < 1.29 is 19.4 Å². The second kappa shape index (κ2) is 8.40. The molecule has 0 radical (unpaired) electrons. The van der Waals surface area contributed by atoms with Gasteiger partial charge in [-0.15, -0.1) is 0 Å². The van der Waals surface area contributed by atoms with Gasteiger partial charge in [-0.3, -0.25) is 0 Å². The van der Waals surface area contributed by atoms with Crippen molar-refractivity contribution >= 4 is 12.2 Å². The largest absolute Gasteiger partial charge is 0.465 e. The number of likely N-dealkylation sites (tertiary alicyclic amines) is 1. The molecule has 0 atom stereocenters. The van der Waals surface area contributed by atoms with Crippen LogP contribution in [-0.2, 0) is 11.3 Å². The van der Waals surface area contributed by atoms with Crippen LogP contribution in [0.5, 0.6) is 0 Å². The first-order chi connectivity index (χ1) is 12.2. The van der Waals surface area contributed by atoms with Gasteiger partial charge in [0.25, 0.3) is 0 Å². The van der Waals surface area contributed by atoms with Crippen LogP contribution in [0.25, 0.3) is 0 Å². The van der Waals surface area contributed by atoms with Gasteiger partial charge in [0.2, 0.25) is 0 Å². The molecule has 0 aliphatic carbocycles. The van der Waals surface area contributed by atoms with E-state index in [1.807, 2.05) is 30.3 Å². The Morgan fingerprint density at radius 1 is 1.19 bits per heavy atom. The molecule has 0 spiro atoms. The summed E-state index contributed by atoms with van der Waals surface area (Å²) in [5.41, 5.74) is 0.428. The van der Waals surface area contributed by atoms with Crippen LogP contribution in [0.4, 0.5) is 9.59 Å². The molecule has 1 aromatic rings. The fourth-order valence-corrected chi connectivity index (χ4v) is 3.28. The molecule has 1 heterocycles. The van der Waals surface area contributed by atoms with Crippen molar-refractivity contribution in [3.05, 3.63) is 35.9 Å². The highest BCUT2D eigenvalue weighted by Crippen LogP contribution is 2.25. The predicted octanol–water partition coefficient (Wildman–Crippen LogP) is 2.81. The summed E-state index contributed by atoms with van der Waals surface area (Å²) in [5, 5.41) is 15.6. The smallest absolute Gasteiger partial charge is 0.407 e. The second-order valence-electron chi connectivity index (χ2n) is 7.84. The van der Waals surface area contributed by atoms with Crippen molar-refractivity contribution in [2.45, 2.75) is 51.3 Å². The lowest BCUT2D eigenvalue weighted by atomic mass is 9.85. The van der Waals surface area contributed by atoms with Crippen LogP contribution in [0.15, 0.2) is 30.3 Å². The van der Waals surface area contributed by atoms with Crippen molar-refractivity contribution in [2.75, 3.05) is 19.6 Å². The van der Waals surface area contributed by atoms with E-state index in [2.05, 4.69) is 31.4 Å². The predicted molar refractivity (Wildman–Crippen MR) is 99.1 cm³/mol. The average molecular weight is 363 g/mol. The number of hydrogen-bond acceptors (Lipinski definition) is 4. The highest BCUT2D eigenvalue weighted by atomic mass is 16.5. The maximum Gasteiger partial charge on any atom is 0.407 e. The molecule has 1 fully saturated rings. The highest BCUT2D eigenvalue weighted by Gasteiger charge is 2.38. The summed E-state index contributed by atoms with van der Waals surface area (Å²) in [7, 11) is 0. The Kier molecular flexibility index (Phi) is 6.47. The maximum absolute atomic E-state index is 12.1. The molecule has 2 rings (SSSR count). The monoisotopic (exact) mass is 363 g/mol. The zero-order chi connectivity index (χ0) is 19.2. The number of rotatable bonds is 5. The Morgan fingerprint density at radius 3 is 2.35 bits per heavy atom. The van der Waals surface area contributed by atoms with Crippen molar-refractivity contribution in [2.24, 2.45) is 0 Å². The Labute approximate surface area is 154 Å². The summed E-state index contributed by atoms with van der Waals surface area (Å²) >= 11 is 0. The minimum absolute atomic E-state index is 0.152. The molecule has 1 aliphatic heterocycles. The molecule has 0 aromatic heterocycles. The first-order valence-corrected chi connectivity index (χ1v) is 8.91. The van der Waals surface area contributed by atoms with Crippen LogP contribution in [0.2, 0.25) is 0 Å². The van der Waals surface area contributed by atoms with Gasteiger partial charge < -0.3 is 25.4 Å². The molecule has 0 unspecified atom stereocenters. The lowest BCUT2D eigenvalue weighted by molar-refractivity contribution is 0.0898.